The van der Waals surface area contributed by atoms with Gasteiger partial charge in [-0.25, -0.2) is 0 Å². The molecule has 0 spiro atoms. The molecular formula is C12H14F3O2. The van der Waals surface area contributed by atoms with E-state index in [4.69, 9.17) is 5.11 Å². The fourth-order valence-electron chi connectivity index (χ4n) is 1.42. The highest BCUT2D eigenvalue weighted by molar-refractivity contribution is 5.42. The van der Waals surface area contributed by atoms with Crippen molar-refractivity contribution in [2.24, 2.45) is 0 Å². The zero-order chi connectivity index (χ0) is 13.1. The number of halogens is 3. The monoisotopic (exact) mass is 247 g/mol. The lowest BCUT2D eigenvalue weighted by molar-refractivity contribution is -0.274. The Bertz CT molecular complexity index is 375. The highest BCUT2D eigenvalue weighted by Gasteiger charge is 2.32. The Morgan fingerprint density at radius 1 is 1.35 bits per heavy atom. The first-order valence-corrected chi connectivity index (χ1v) is 5.19. The summed E-state index contributed by atoms with van der Waals surface area (Å²) in [4.78, 5) is 0. The summed E-state index contributed by atoms with van der Waals surface area (Å²) in [5.74, 6) is 0.393. The molecule has 0 aliphatic heterocycles. The minimum atomic E-state index is -4.70. The Kier molecular flexibility index (Phi) is 4.40. The second-order valence-corrected chi connectivity index (χ2v) is 3.66. The second kappa shape index (κ2) is 5.40. The van der Waals surface area contributed by atoms with Gasteiger partial charge in [0.15, 0.2) is 0 Å². The highest BCUT2D eigenvalue weighted by Crippen LogP contribution is 2.29. The Labute approximate surface area is 98.0 Å². The van der Waals surface area contributed by atoms with Crippen LogP contribution in [0.1, 0.15) is 25.0 Å². The summed E-state index contributed by atoms with van der Waals surface area (Å²) in [5.41, 5.74) is 1.03. The summed E-state index contributed by atoms with van der Waals surface area (Å²) in [6.45, 7) is 3.20. The Morgan fingerprint density at radius 3 is 2.47 bits per heavy atom. The summed E-state index contributed by atoms with van der Waals surface area (Å²) < 4.78 is 40.5. The maximum Gasteiger partial charge on any atom is 0.573 e. The lowest BCUT2D eigenvalue weighted by Gasteiger charge is -2.15. The van der Waals surface area contributed by atoms with Crippen LogP contribution < -0.4 is 4.74 Å². The van der Waals surface area contributed by atoms with Gasteiger partial charge in [0, 0.05) is 5.92 Å². The van der Waals surface area contributed by atoms with E-state index in [0.717, 1.165) is 0 Å². The van der Waals surface area contributed by atoms with E-state index in [-0.39, 0.29) is 12.4 Å². The van der Waals surface area contributed by atoms with Crippen LogP contribution in [0.2, 0.25) is 0 Å². The maximum absolute atomic E-state index is 12.2. The molecule has 1 rings (SSSR count). The van der Waals surface area contributed by atoms with Gasteiger partial charge in [-0.2, -0.15) is 0 Å². The molecule has 0 aliphatic rings. The largest absolute Gasteiger partial charge is 0.573 e. The third-order valence-corrected chi connectivity index (χ3v) is 2.40. The smallest absolute Gasteiger partial charge is 0.405 e. The Balaban J connectivity index is 3.06. The summed E-state index contributed by atoms with van der Waals surface area (Å²) in [6.07, 6.45) is -4.25. The van der Waals surface area contributed by atoms with Crippen molar-refractivity contribution in [1.29, 1.82) is 0 Å². The van der Waals surface area contributed by atoms with E-state index in [2.05, 4.69) is 4.74 Å². The van der Waals surface area contributed by atoms with Gasteiger partial charge in [0.25, 0.3) is 0 Å². The van der Waals surface area contributed by atoms with Gasteiger partial charge < -0.3 is 9.84 Å². The molecule has 1 aromatic rings. The van der Waals surface area contributed by atoms with Gasteiger partial charge >= 0.3 is 6.36 Å². The topological polar surface area (TPSA) is 29.5 Å². The van der Waals surface area contributed by atoms with Crippen LogP contribution in [0.15, 0.2) is 18.2 Å². The molecule has 17 heavy (non-hydrogen) atoms. The van der Waals surface area contributed by atoms with Gasteiger partial charge in [-0.15, -0.1) is 13.2 Å². The third-order valence-electron chi connectivity index (χ3n) is 2.40. The lowest BCUT2D eigenvalue weighted by atomic mass is 9.99. The number of aliphatic hydroxyl groups excluding tert-OH is 1. The van der Waals surface area contributed by atoms with Gasteiger partial charge in [0.1, 0.15) is 5.75 Å². The molecule has 0 heterocycles. The third kappa shape index (κ3) is 3.93. The molecule has 0 fully saturated rings. The van der Waals surface area contributed by atoms with Crippen LogP contribution >= 0.6 is 0 Å². The first kappa shape index (κ1) is 13.8. The van der Waals surface area contributed by atoms with E-state index in [1.54, 1.807) is 26.0 Å². The molecule has 1 radical (unpaired) electrons. The number of hydrogen-bond acceptors (Lipinski definition) is 2. The fraction of sp³-hybridized carbons (Fsp3) is 0.417. The van der Waals surface area contributed by atoms with E-state index in [1.165, 1.54) is 6.07 Å². The minimum Gasteiger partial charge on any atom is -0.405 e. The van der Waals surface area contributed by atoms with Crippen LogP contribution in [0.25, 0.3) is 0 Å². The van der Waals surface area contributed by atoms with Crippen molar-refractivity contribution in [1.82, 2.24) is 0 Å². The summed E-state index contributed by atoms with van der Waals surface area (Å²) in [6, 6.07) is 4.56. The average molecular weight is 247 g/mol. The minimum absolute atomic E-state index is 0.197. The van der Waals surface area contributed by atoms with Gasteiger partial charge in [0.2, 0.25) is 0 Å². The molecule has 1 N–H and O–H groups in total. The van der Waals surface area contributed by atoms with E-state index >= 15 is 0 Å². The van der Waals surface area contributed by atoms with Gasteiger partial charge in [-0.05, 0) is 23.6 Å². The van der Waals surface area contributed by atoms with Crippen LogP contribution in [0.5, 0.6) is 5.75 Å². The predicted octanol–water partition coefficient (Wildman–Crippen LogP) is 3.08. The van der Waals surface area contributed by atoms with Gasteiger partial charge in [0.05, 0.1) is 6.61 Å². The first-order chi connectivity index (χ1) is 7.87. The number of rotatable bonds is 4. The molecule has 0 aliphatic carbocycles. The van der Waals surface area contributed by atoms with Crippen molar-refractivity contribution in [3.8, 4) is 5.75 Å². The molecule has 5 heteroatoms. The first-order valence-electron chi connectivity index (χ1n) is 5.19. The standard InChI is InChI=1S/C12H14F3O2/c1-3-9-4-5-10(8(2)7-16)6-11(9)17-12(13,14)15/h4-6,16H,3,7H2,1-2H3. The molecule has 0 atom stereocenters. The Morgan fingerprint density at radius 2 is 2.00 bits per heavy atom. The predicted molar refractivity (Wildman–Crippen MR) is 57.6 cm³/mol. The number of benzene rings is 1. The van der Waals surface area contributed by atoms with Crippen LogP contribution in [0, 0.1) is 5.92 Å². The zero-order valence-electron chi connectivity index (χ0n) is 9.64. The summed E-state index contributed by atoms with van der Waals surface area (Å²) in [5, 5.41) is 8.94. The van der Waals surface area contributed by atoms with Gasteiger partial charge in [-0.1, -0.05) is 26.0 Å². The van der Waals surface area contributed by atoms with E-state index in [9.17, 15) is 13.2 Å². The fourth-order valence-corrected chi connectivity index (χ4v) is 1.42. The van der Waals surface area contributed by atoms with Crippen molar-refractivity contribution < 1.29 is 23.0 Å². The molecule has 0 unspecified atom stereocenters. The lowest BCUT2D eigenvalue weighted by Crippen LogP contribution is -2.18. The van der Waals surface area contributed by atoms with Crippen LogP contribution in [-0.2, 0) is 6.42 Å². The normalized spacial score (nSPS) is 11.9. The van der Waals surface area contributed by atoms with Crippen LogP contribution in [0.4, 0.5) is 13.2 Å². The Hall–Kier alpha value is -1.23. The van der Waals surface area contributed by atoms with Crippen molar-refractivity contribution >= 4 is 0 Å². The average Bonchev–Trinajstić information content (AvgIpc) is 2.25. The van der Waals surface area contributed by atoms with Crippen molar-refractivity contribution in [3.05, 3.63) is 35.2 Å². The number of hydrogen-bond donors (Lipinski definition) is 1. The van der Waals surface area contributed by atoms with E-state index < -0.39 is 6.36 Å². The quantitative estimate of drug-likeness (QED) is 0.886. The molecule has 1 aromatic carbocycles. The molecule has 0 saturated carbocycles. The number of ether oxygens (including phenoxy) is 1. The van der Waals surface area contributed by atoms with E-state index in [1.807, 2.05) is 0 Å². The van der Waals surface area contributed by atoms with E-state index in [0.29, 0.717) is 23.5 Å². The van der Waals surface area contributed by atoms with Crippen LogP contribution in [-0.4, -0.2) is 18.1 Å². The molecule has 0 bridgehead atoms. The molecule has 95 valence electrons. The zero-order valence-corrected chi connectivity index (χ0v) is 9.64. The summed E-state index contributed by atoms with van der Waals surface area (Å²) in [7, 11) is 0. The van der Waals surface area contributed by atoms with Gasteiger partial charge in [-0.3, -0.25) is 0 Å². The SMILES string of the molecule is CCc1ccc([C](C)CO)cc1OC(F)(F)F. The molecule has 0 saturated heterocycles. The number of alkyl halides is 3. The molecule has 2 nitrogen and oxygen atoms in total. The van der Waals surface area contributed by atoms with Crippen molar-refractivity contribution in [3.63, 3.8) is 0 Å². The molecule has 0 aromatic heterocycles. The van der Waals surface area contributed by atoms with Crippen molar-refractivity contribution in [2.45, 2.75) is 26.6 Å². The maximum atomic E-state index is 12.2. The second-order valence-electron chi connectivity index (χ2n) is 3.66. The molecule has 0 amide bonds. The molecular weight excluding hydrogens is 233 g/mol. The van der Waals surface area contributed by atoms with Crippen molar-refractivity contribution in [2.75, 3.05) is 6.61 Å². The highest BCUT2D eigenvalue weighted by atomic mass is 19.4. The number of aliphatic hydroxyl groups is 1. The summed E-state index contributed by atoms with van der Waals surface area (Å²) >= 11 is 0. The van der Waals surface area contributed by atoms with Crippen LogP contribution in [0.3, 0.4) is 0 Å². The number of aryl methyl sites for hydroxylation is 1.